The van der Waals surface area contributed by atoms with Crippen LogP contribution in [0.3, 0.4) is 0 Å². The Morgan fingerprint density at radius 1 is 1.35 bits per heavy atom. The van der Waals surface area contributed by atoms with Gasteiger partial charge in [-0.3, -0.25) is 9.78 Å². The fourth-order valence-corrected chi connectivity index (χ4v) is 3.66. The maximum atomic E-state index is 12.5. The maximum absolute atomic E-state index is 12.5. The summed E-state index contributed by atoms with van der Waals surface area (Å²) in [5.41, 5.74) is 1.86. The molecule has 1 aliphatic heterocycles. The van der Waals surface area contributed by atoms with Crippen LogP contribution in [0, 0.1) is 5.92 Å². The Bertz CT molecular complexity index is 627. The van der Waals surface area contributed by atoms with E-state index >= 15 is 0 Å². The zero-order valence-electron chi connectivity index (χ0n) is 13.4. The van der Waals surface area contributed by atoms with Crippen LogP contribution in [-0.2, 0) is 6.42 Å². The monoisotopic (exact) mass is 330 g/mol. The van der Waals surface area contributed by atoms with Crippen molar-refractivity contribution >= 4 is 23.1 Å². The molecular weight excluding hydrogens is 308 g/mol. The number of carbonyl (C=O) groups is 1. The van der Waals surface area contributed by atoms with E-state index in [0.717, 1.165) is 55.8 Å². The quantitative estimate of drug-likeness (QED) is 0.936. The lowest BCUT2D eigenvalue weighted by atomic mass is 9.95. The summed E-state index contributed by atoms with van der Waals surface area (Å²) in [4.78, 5) is 23.2. The summed E-state index contributed by atoms with van der Waals surface area (Å²) in [5, 5.41) is 6.88. The Morgan fingerprint density at radius 2 is 2.26 bits per heavy atom. The molecule has 3 heterocycles. The van der Waals surface area contributed by atoms with E-state index in [2.05, 4.69) is 15.3 Å². The topological polar surface area (TPSA) is 58.1 Å². The van der Waals surface area contributed by atoms with Crippen molar-refractivity contribution in [3.05, 3.63) is 40.5 Å². The molecular formula is C17H22N4OS. The van der Waals surface area contributed by atoms with Gasteiger partial charge in [0.15, 0.2) is 0 Å². The van der Waals surface area contributed by atoms with Gasteiger partial charge in [-0.2, -0.15) is 11.3 Å². The fourth-order valence-electron chi connectivity index (χ4n) is 3.03. The van der Waals surface area contributed by atoms with Gasteiger partial charge in [0.1, 0.15) is 5.82 Å². The first-order valence-electron chi connectivity index (χ1n) is 8.06. The predicted octanol–water partition coefficient (Wildman–Crippen LogP) is 3.06. The number of likely N-dealkylation sites (tertiary alicyclic amines) is 1. The molecule has 23 heavy (non-hydrogen) atoms. The molecule has 2 aromatic heterocycles. The van der Waals surface area contributed by atoms with E-state index in [4.69, 9.17) is 0 Å². The van der Waals surface area contributed by atoms with Crippen LogP contribution in [0.25, 0.3) is 0 Å². The first-order valence-corrected chi connectivity index (χ1v) is 9.00. The van der Waals surface area contributed by atoms with Crippen molar-refractivity contribution in [1.29, 1.82) is 0 Å². The second-order valence-corrected chi connectivity index (χ2v) is 6.73. The summed E-state index contributed by atoms with van der Waals surface area (Å²) in [6.07, 6.45) is 7.80. The van der Waals surface area contributed by atoms with Crippen LogP contribution >= 0.6 is 11.3 Å². The third kappa shape index (κ3) is 4.07. The van der Waals surface area contributed by atoms with Crippen molar-refractivity contribution in [1.82, 2.24) is 14.9 Å². The number of nitrogens with one attached hydrogen (secondary N) is 1. The minimum absolute atomic E-state index is 0.171. The van der Waals surface area contributed by atoms with Crippen LogP contribution < -0.4 is 5.32 Å². The number of amides is 1. The molecule has 0 unspecified atom stereocenters. The molecule has 0 saturated carbocycles. The first-order chi connectivity index (χ1) is 11.3. The van der Waals surface area contributed by atoms with Crippen molar-refractivity contribution in [2.45, 2.75) is 25.7 Å². The van der Waals surface area contributed by atoms with Gasteiger partial charge in [-0.15, -0.1) is 0 Å². The number of thiophene rings is 1. The molecule has 1 N–H and O–H groups in total. The molecule has 0 aromatic carbocycles. The molecule has 6 heteroatoms. The molecule has 1 aliphatic rings. The number of aromatic nitrogens is 2. The van der Waals surface area contributed by atoms with E-state index in [0.29, 0.717) is 5.92 Å². The zero-order valence-corrected chi connectivity index (χ0v) is 14.2. The van der Waals surface area contributed by atoms with Crippen LogP contribution in [0.4, 0.5) is 5.82 Å². The van der Waals surface area contributed by atoms with Crippen LogP contribution in [0.2, 0.25) is 0 Å². The van der Waals surface area contributed by atoms with Crippen molar-refractivity contribution in [2.75, 3.05) is 25.5 Å². The SMILES string of the molecule is CNc1cnc(C[C@H]2CCCN(C(=O)c3ccsc3)CC2)cn1. The minimum Gasteiger partial charge on any atom is -0.372 e. The lowest BCUT2D eigenvalue weighted by Crippen LogP contribution is -2.31. The number of hydrogen-bond donors (Lipinski definition) is 1. The highest BCUT2D eigenvalue weighted by atomic mass is 32.1. The summed E-state index contributed by atoms with van der Waals surface area (Å²) in [6.45, 7) is 1.69. The van der Waals surface area contributed by atoms with Gasteiger partial charge >= 0.3 is 0 Å². The molecule has 0 bridgehead atoms. The Labute approximate surface area is 140 Å². The van der Waals surface area contributed by atoms with Gasteiger partial charge in [-0.1, -0.05) is 0 Å². The number of nitrogens with zero attached hydrogens (tertiary/aromatic N) is 3. The van der Waals surface area contributed by atoms with Crippen LogP contribution in [0.15, 0.2) is 29.2 Å². The number of anilines is 1. The van der Waals surface area contributed by atoms with E-state index in [1.165, 1.54) is 0 Å². The van der Waals surface area contributed by atoms with Crippen molar-refractivity contribution < 1.29 is 4.79 Å². The summed E-state index contributed by atoms with van der Waals surface area (Å²) in [7, 11) is 1.84. The van der Waals surface area contributed by atoms with Gasteiger partial charge in [-0.05, 0) is 43.0 Å². The average Bonchev–Trinajstić information content (AvgIpc) is 3.02. The smallest absolute Gasteiger partial charge is 0.254 e. The average molecular weight is 330 g/mol. The molecule has 3 rings (SSSR count). The number of carbonyl (C=O) groups excluding carboxylic acids is 1. The molecule has 0 spiro atoms. The lowest BCUT2D eigenvalue weighted by Gasteiger charge is -2.20. The summed E-state index contributed by atoms with van der Waals surface area (Å²) >= 11 is 1.57. The van der Waals surface area contributed by atoms with E-state index in [1.54, 1.807) is 17.5 Å². The molecule has 1 amide bonds. The van der Waals surface area contributed by atoms with Crippen LogP contribution in [-0.4, -0.2) is 40.9 Å². The van der Waals surface area contributed by atoms with Crippen molar-refractivity contribution in [3.63, 3.8) is 0 Å². The first kappa shape index (κ1) is 15.9. The molecule has 0 radical (unpaired) electrons. The third-order valence-electron chi connectivity index (χ3n) is 4.36. The normalized spacial score (nSPS) is 18.5. The zero-order chi connectivity index (χ0) is 16.1. The third-order valence-corrected chi connectivity index (χ3v) is 5.05. The Kier molecular flexibility index (Phi) is 5.23. The van der Waals surface area contributed by atoms with E-state index in [9.17, 15) is 4.79 Å². The Hall–Kier alpha value is -1.95. The highest BCUT2D eigenvalue weighted by molar-refractivity contribution is 7.08. The van der Waals surface area contributed by atoms with Gasteiger partial charge in [0.05, 0.1) is 23.7 Å². The standard InChI is InChI=1S/C17H22N4OS/c1-18-16-11-19-15(10-20-16)9-13-3-2-6-21(7-4-13)17(22)14-5-8-23-12-14/h5,8,10-13H,2-4,6-7,9H2,1H3,(H,18,20)/t13-/m0/s1. The van der Waals surface area contributed by atoms with Crippen LogP contribution in [0.5, 0.6) is 0 Å². The summed E-state index contributed by atoms with van der Waals surface area (Å²) < 4.78 is 0. The molecule has 1 fully saturated rings. The van der Waals surface area contributed by atoms with Gasteiger partial charge in [-0.25, -0.2) is 4.98 Å². The Morgan fingerprint density at radius 3 is 2.96 bits per heavy atom. The summed E-state index contributed by atoms with van der Waals surface area (Å²) in [6, 6.07) is 1.91. The maximum Gasteiger partial charge on any atom is 0.254 e. The lowest BCUT2D eigenvalue weighted by molar-refractivity contribution is 0.0760. The minimum atomic E-state index is 0.171. The van der Waals surface area contributed by atoms with Gasteiger partial charge in [0.25, 0.3) is 5.91 Å². The molecule has 1 atom stereocenters. The Balaban J connectivity index is 1.56. The van der Waals surface area contributed by atoms with E-state index < -0.39 is 0 Å². The second kappa shape index (κ2) is 7.55. The number of rotatable bonds is 4. The van der Waals surface area contributed by atoms with E-state index in [-0.39, 0.29) is 5.91 Å². The van der Waals surface area contributed by atoms with Gasteiger partial charge < -0.3 is 10.2 Å². The second-order valence-electron chi connectivity index (χ2n) is 5.95. The molecule has 122 valence electrons. The number of hydrogen-bond acceptors (Lipinski definition) is 5. The van der Waals surface area contributed by atoms with Gasteiger partial charge in [0.2, 0.25) is 0 Å². The predicted molar refractivity (Wildman–Crippen MR) is 92.8 cm³/mol. The largest absolute Gasteiger partial charge is 0.372 e. The fraction of sp³-hybridized carbons (Fsp3) is 0.471. The van der Waals surface area contributed by atoms with Crippen molar-refractivity contribution in [2.24, 2.45) is 5.92 Å². The van der Waals surface area contributed by atoms with E-state index in [1.807, 2.05) is 35.0 Å². The highest BCUT2D eigenvalue weighted by Crippen LogP contribution is 2.22. The summed E-state index contributed by atoms with van der Waals surface area (Å²) in [5.74, 6) is 1.54. The van der Waals surface area contributed by atoms with Gasteiger partial charge in [0, 0.05) is 25.5 Å². The molecule has 0 aliphatic carbocycles. The van der Waals surface area contributed by atoms with Crippen LogP contribution in [0.1, 0.15) is 35.3 Å². The van der Waals surface area contributed by atoms with Crippen molar-refractivity contribution in [3.8, 4) is 0 Å². The molecule has 5 nitrogen and oxygen atoms in total. The highest BCUT2D eigenvalue weighted by Gasteiger charge is 2.22. The molecule has 2 aromatic rings. The molecule has 1 saturated heterocycles.